The van der Waals surface area contributed by atoms with Gasteiger partial charge < -0.3 is 34.3 Å². The average molecular weight is 569 g/mol. The predicted octanol–water partition coefficient (Wildman–Crippen LogP) is 4.29. The van der Waals surface area contributed by atoms with Crippen LogP contribution in [0.2, 0.25) is 0 Å². The number of hydrogen-bond donors (Lipinski definition) is 2. The molecule has 42 heavy (non-hydrogen) atoms. The van der Waals surface area contributed by atoms with Gasteiger partial charge >= 0.3 is 0 Å². The van der Waals surface area contributed by atoms with E-state index in [1.54, 1.807) is 11.7 Å². The van der Waals surface area contributed by atoms with Crippen LogP contribution in [0.1, 0.15) is 28.8 Å². The number of ether oxygens (including phenoxy) is 3. The summed E-state index contributed by atoms with van der Waals surface area (Å²) in [5, 5.41) is 7.31. The first-order valence-corrected chi connectivity index (χ1v) is 14.5. The Morgan fingerprint density at radius 3 is 2.50 bits per heavy atom. The second kappa shape index (κ2) is 12.7. The number of carbonyl (C=O) groups excluding carboxylic acids is 1. The van der Waals surface area contributed by atoms with Crippen LogP contribution in [0, 0.1) is 0 Å². The monoisotopic (exact) mass is 568 g/mol. The van der Waals surface area contributed by atoms with Crippen molar-refractivity contribution in [2.75, 3.05) is 45.3 Å². The molecule has 3 aromatic carbocycles. The van der Waals surface area contributed by atoms with Crippen LogP contribution in [0.5, 0.6) is 17.2 Å². The van der Waals surface area contributed by atoms with Crippen molar-refractivity contribution in [1.29, 1.82) is 0 Å². The van der Waals surface area contributed by atoms with Gasteiger partial charge in [-0.25, -0.2) is 0 Å². The second-order valence-corrected chi connectivity index (χ2v) is 10.7. The second-order valence-electron chi connectivity index (χ2n) is 10.7. The number of nitrogens with zero attached hydrogens (tertiary/aromatic N) is 2. The molecule has 0 spiro atoms. The van der Waals surface area contributed by atoms with E-state index in [0.717, 1.165) is 50.5 Å². The number of hydrogen-bond acceptors (Lipinski definition) is 7. The minimum atomic E-state index is -0.313. The third-order valence-electron chi connectivity index (χ3n) is 8.02. The van der Waals surface area contributed by atoms with E-state index in [1.807, 2.05) is 54.6 Å². The summed E-state index contributed by atoms with van der Waals surface area (Å²) in [6.07, 6.45) is 2.07. The normalized spacial score (nSPS) is 15.5. The average Bonchev–Trinajstić information content (AvgIpc) is 3.03. The van der Waals surface area contributed by atoms with Gasteiger partial charge in [0.2, 0.25) is 0 Å². The quantitative estimate of drug-likeness (QED) is 0.311. The summed E-state index contributed by atoms with van der Waals surface area (Å²) in [6.45, 7) is 5.15. The van der Waals surface area contributed by atoms with Crippen molar-refractivity contribution in [2.24, 2.45) is 0 Å². The number of nitrogens with one attached hydrogen (secondary N) is 2. The van der Waals surface area contributed by atoms with E-state index in [-0.39, 0.29) is 11.5 Å². The summed E-state index contributed by atoms with van der Waals surface area (Å²) in [7, 11) is 1.60. The van der Waals surface area contributed by atoms with E-state index in [1.165, 1.54) is 11.6 Å². The van der Waals surface area contributed by atoms with E-state index in [9.17, 15) is 9.59 Å². The molecular formula is C33H36N4O5. The zero-order chi connectivity index (χ0) is 28.9. The van der Waals surface area contributed by atoms with Crippen molar-refractivity contribution in [1.82, 2.24) is 14.8 Å². The van der Waals surface area contributed by atoms with Crippen molar-refractivity contribution >= 4 is 22.5 Å². The number of likely N-dealkylation sites (tertiary alicyclic amines) is 1. The number of amides is 1. The number of aromatic nitrogens is 1. The van der Waals surface area contributed by atoms with Gasteiger partial charge in [-0.05, 0) is 67.9 Å². The van der Waals surface area contributed by atoms with Crippen molar-refractivity contribution in [3.63, 3.8) is 0 Å². The maximum absolute atomic E-state index is 13.3. The Labute approximate surface area is 245 Å². The first kappa shape index (κ1) is 27.8. The molecule has 0 saturated carbocycles. The van der Waals surface area contributed by atoms with Crippen LogP contribution in [0.15, 0.2) is 77.6 Å². The van der Waals surface area contributed by atoms with Crippen LogP contribution >= 0.6 is 0 Å². The fourth-order valence-corrected chi connectivity index (χ4v) is 5.69. The van der Waals surface area contributed by atoms with Crippen molar-refractivity contribution in [3.05, 3.63) is 94.3 Å². The Bertz CT molecular complexity index is 1610. The highest BCUT2D eigenvalue weighted by Crippen LogP contribution is 2.31. The molecule has 2 N–H and O–H groups in total. The first-order chi connectivity index (χ1) is 20.6. The maximum Gasteiger partial charge on any atom is 0.256 e. The Kier molecular flexibility index (Phi) is 8.39. The van der Waals surface area contributed by atoms with Gasteiger partial charge in [-0.2, -0.15) is 0 Å². The standard InChI is InChI=1S/C33H36N4O5/c1-40-26-8-9-27-28(33(39)35-25-5-3-2-4-6-25)21-32(38)37(29(27)20-26)16-15-36-13-11-24(12-14-36)34-22-23-7-10-30-31(19-23)42-18-17-41-30/h2-10,19-21,24,34H,11-18,22H2,1H3,(H,35,39). The fraction of sp³-hybridized carbons (Fsp3) is 0.333. The van der Waals surface area contributed by atoms with E-state index >= 15 is 0 Å². The lowest BCUT2D eigenvalue weighted by Gasteiger charge is -2.32. The van der Waals surface area contributed by atoms with Crippen LogP contribution < -0.4 is 30.4 Å². The third-order valence-corrected chi connectivity index (χ3v) is 8.02. The zero-order valence-corrected chi connectivity index (χ0v) is 23.8. The number of carbonyl (C=O) groups is 1. The molecule has 1 aromatic heterocycles. The molecule has 9 nitrogen and oxygen atoms in total. The van der Waals surface area contributed by atoms with Crippen LogP contribution in [-0.4, -0.2) is 61.4 Å². The molecule has 0 unspecified atom stereocenters. The lowest BCUT2D eigenvalue weighted by Crippen LogP contribution is -2.43. The van der Waals surface area contributed by atoms with E-state index in [4.69, 9.17) is 14.2 Å². The Hall–Kier alpha value is -4.34. The molecule has 1 fully saturated rings. The van der Waals surface area contributed by atoms with Gasteiger partial charge in [0.25, 0.3) is 11.5 Å². The van der Waals surface area contributed by atoms with E-state index < -0.39 is 0 Å². The fourth-order valence-electron chi connectivity index (χ4n) is 5.69. The molecule has 3 heterocycles. The Balaban J connectivity index is 1.09. The number of methoxy groups -OCH3 is 1. The summed E-state index contributed by atoms with van der Waals surface area (Å²) < 4.78 is 18.5. The first-order valence-electron chi connectivity index (χ1n) is 14.5. The Morgan fingerprint density at radius 1 is 0.929 bits per heavy atom. The minimum Gasteiger partial charge on any atom is -0.497 e. The van der Waals surface area contributed by atoms with Gasteiger partial charge in [0.15, 0.2) is 11.5 Å². The van der Waals surface area contributed by atoms with Gasteiger partial charge in [-0.1, -0.05) is 24.3 Å². The van der Waals surface area contributed by atoms with Crippen LogP contribution in [0.3, 0.4) is 0 Å². The molecule has 9 heteroatoms. The minimum absolute atomic E-state index is 0.204. The number of pyridine rings is 1. The highest BCUT2D eigenvalue weighted by Gasteiger charge is 2.21. The number of rotatable bonds is 9. The molecule has 218 valence electrons. The zero-order valence-electron chi connectivity index (χ0n) is 23.8. The van der Waals surface area contributed by atoms with Crippen LogP contribution in [-0.2, 0) is 13.1 Å². The third kappa shape index (κ3) is 6.27. The molecule has 0 radical (unpaired) electrons. The molecule has 1 amide bonds. The SMILES string of the molecule is COc1ccc2c(C(=O)Nc3ccccc3)cc(=O)n(CCN3CCC(NCc4ccc5c(c4)OCCO5)CC3)c2c1. The van der Waals surface area contributed by atoms with Crippen molar-refractivity contribution in [3.8, 4) is 17.2 Å². The highest BCUT2D eigenvalue weighted by molar-refractivity contribution is 6.12. The van der Waals surface area contributed by atoms with Gasteiger partial charge in [0.1, 0.15) is 19.0 Å². The summed E-state index contributed by atoms with van der Waals surface area (Å²) in [5.74, 6) is 1.96. The van der Waals surface area contributed by atoms with Gasteiger partial charge in [0.05, 0.1) is 18.2 Å². The molecular weight excluding hydrogens is 532 g/mol. The molecule has 6 rings (SSSR count). The molecule has 0 bridgehead atoms. The molecule has 1 saturated heterocycles. The molecule has 0 atom stereocenters. The number of anilines is 1. The van der Waals surface area contributed by atoms with Crippen LogP contribution in [0.4, 0.5) is 5.69 Å². The highest BCUT2D eigenvalue weighted by atomic mass is 16.6. The molecule has 2 aliphatic rings. The van der Waals surface area contributed by atoms with Gasteiger partial charge in [0, 0.05) is 48.9 Å². The topological polar surface area (TPSA) is 94.1 Å². The molecule has 4 aromatic rings. The summed E-state index contributed by atoms with van der Waals surface area (Å²) >= 11 is 0. The number of para-hydroxylation sites is 1. The lowest BCUT2D eigenvalue weighted by atomic mass is 10.0. The maximum atomic E-state index is 13.3. The van der Waals surface area contributed by atoms with E-state index in [0.29, 0.717) is 53.7 Å². The summed E-state index contributed by atoms with van der Waals surface area (Å²) in [6, 6.07) is 22.8. The Morgan fingerprint density at radius 2 is 1.71 bits per heavy atom. The predicted molar refractivity (Wildman–Crippen MR) is 163 cm³/mol. The van der Waals surface area contributed by atoms with Crippen molar-refractivity contribution < 1.29 is 19.0 Å². The summed E-state index contributed by atoms with van der Waals surface area (Å²) in [5.41, 5.74) is 2.70. The van der Waals surface area contributed by atoms with Crippen molar-refractivity contribution in [2.45, 2.75) is 32.0 Å². The summed E-state index contributed by atoms with van der Waals surface area (Å²) in [4.78, 5) is 28.9. The number of piperidine rings is 1. The number of benzene rings is 3. The van der Waals surface area contributed by atoms with E-state index in [2.05, 4.69) is 27.7 Å². The lowest BCUT2D eigenvalue weighted by molar-refractivity contribution is 0.102. The largest absolute Gasteiger partial charge is 0.497 e. The van der Waals surface area contributed by atoms with Gasteiger partial charge in [-0.3, -0.25) is 9.59 Å². The smallest absolute Gasteiger partial charge is 0.256 e. The van der Waals surface area contributed by atoms with Gasteiger partial charge in [-0.15, -0.1) is 0 Å². The molecule has 0 aliphatic carbocycles. The number of fused-ring (bicyclic) bond motifs is 2. The molecule has 2 aliphatic heterocycles. The van der Waals surface area contributed by atoms with Crippen LogP contribution in [0.25, 0.3) is 10.9 Å².